The van der Waals surface area contributed by atoms with Gasteiger partial charge in [0.05, 0.1) is 12.2 Å². The molecule has 2 fully saturated rings. The Kier molecular flexibility index (Phi) is 8.33. The van der Waals surface area contributed by atoms with Crippen molar-refractivity contribution in [2.24, 2.45) is 5.41 Å². The maximum absolute atomic E-state index is 13.3. The number of halogens is 4. The number of carbonyl (C=O) groups is 2. The second kappa shape index (κ2) is 11.3. The van der Waals surface area contributed by atoms with E-state index in [4.69, 9.17) is 16.3 Å². The minimum atomic E-state index is -4.47. The molecule has 0 unspecified atom stereocenters. The molecular formula is C27H31ClF3N3O3. The highest BCUT2D eigenvalue weighted by molar-refractivity contribution is 6.30. The van der Waals surface area contributed by atoms with Crippen LogP contribution < -0.4 is 4.74 Å². The highest BCUT2D eigenvalue weighted by Gasteiger charge is 2.41. The number of piperidine rings is 1. The summed E-state index contributed by atoms with van der Waals surface area (Å²) in [5.74, 6) is 0.287. The Balaban J connectivity index is 1.52. The van der Waals surface area contributed by atoms with Crippen molar-refractivity contribution in [3.8, 4) is 5.75 Å². The molecule has 0 spiro atoms. The van der Waals surface area contributed by atoms with E-state index >= 15 is 0 Å². The molecule has 6 nitrogen and oxygen atoms in total. The van der Waals surface area contributed by atoms with E-state index < -0.39 is 17.2 Å². The van der Waals surface area contributed by atoms with Gasteiger partial charge in [-0.2, -0.15) is 13.2 Å². The number of rotatable bonds is 6. The van der Waals surface area contributed by atoms with Crippen LogP contribution in [0.3, 0.4) is 0 Å². The Bertz CT molecular complexity index is 1090. The number of nitrogens with zero attached hydrogens (tertiary/aromatic N) is 3. The second-order valence-corrected chi connectivity index (χ2v) is 10.4. The second-order valence-electron chi connectivity index (χ2n) is 10.0. The van der Waals surface area contributed by atoms with Gasteiger partial charge in [-0.25, -0.2) is 0 Å². The van der Waals surface area contributed by atoms with E-state index in [0.29, 0.717) is 43.2 Å². The minimum Gasteiger partial charge on any atom is -0.493 e. The van der Waals surface area contributed by atoms with Gasteiger partial charge in [-0.3, -0.25) is 9.59 Å². The third-order valence-corrected chi connectivity index (χ3v) is 7.40. The average molecular weight is 538 g/mol. The molecule has 2 saturated heterocycles. The van der Waals surface area contributed by atoms with E-state index in [0.717, 1.165) is 25.2 Å². The first-order chi connectivity index (χ1) is 17.5. The Morgan fingerprint density at radius 3 is 2.22 bits per heavy atom. The zero-order valence-corrected chi connectivity index (χ0v) is 21.5. The van der Waals surface area contributed by atoms with Crippen molar-refractivity contribution in [1.82, 2.24) is 14.7 Å². The van der Waals surface area contributed by atoms with Crippen molar-refractivity contribution in [2.75, 3.05) is 52.9 Å². The first-order valence-electron chi connectivity index (χ1n) is 12.4. The van der Waals surface area contributed by atoms with E-state index in [1.807, 2.05) is 11.9 Å². The van der Waals surface area contributed by atoms with Crippen molar-refractivity contribution in [3.05, 3.63) is 64.7 Å². The molecule has 1 atom stereocenters. The Labute approximate surface area is 219 Å². The monoisotopic (exact) mass is 537 g/mol. The van der Waals surface area contributed by atoms with Gasteiger partial charge in [-0.1, -0.05) is 11.6 Å². The van der Waals surface area contributed by atoms with Crippen LogP contribution in [-0.4, -0.2) is 79.4 Å². The molecule has 2 heterocycles. The van der Waals surface area contributed by atoms with Gasteiger partial charge < -0.3 is 19.4 Å². The first kappa shape index (κ1) is 27.3. The predicted octanol–water partition coefficient (Wildman–Crippen LogP) is 4.82. The zero-order chi connectivity index (χ0) is 26.6. The Morgan fingerprint density at radius 1 is 0.946 bits per heavy atom. The number of amides is 2. The lowest BCUT2D eigenvalue weighted by Crippen LogP contribution is -2.53. The highest BCUT2D eigenvalue weighted by atomic mass is 35.5. The number of carbonyl (C=O) groups excluding carboxylic acids is 2. The molecule has 37 heavy (non-hydrogen) atoms. The van der Waals surface area contributed by atoms with Crippen LogP contribution in [0.2, 0.25) is 5.02 Å². The molecule has 2 aromatic rings. The summed E-state index contributed by atoms with van der Waals surface area (Å²) in [6, 6.07) is 11.2. The third kappa shape index (κ3) is 6.96. The van der Waals surface area contributed by atoms with Gasteiger partial charge >= 0.3 is 6.18 Å². The Hall–Kier alpha value is -2.78. The topological polar surface area (TPSA) is 53.1 Å². The number of alkyl halides is 3. The summed E-state index contributed by atoms with van der Waals surface area (Å²) in [4.78, 5) is 32.3. The molecule has 0 aliphatic carbocycles. The van der Waals surface area contributed by atoms with Crippen LogP contribution in [0.1, 0.15) is 35.2 Å². The molecule has 2 aliphatic heterocycles. The molecule has 2 aromatic carbocycles. The molecule has 2 amide bonds. The summed E-state index contributed by atoms with van der Waals surface area (Å²) in [6.07, 6.45) is -2.89. The third-order valence-electron chi connectivity index (χ3n) is 7.15. The molecule has 0 aromatic heterocycles. The quantitative estimate of drug-likeness (QED) is 0.530. The number of hydrogen-bond donors (Lipinski definition) is 0. The number of likely N-dealkylation sites (tertiary alicyclic amines) is 1. The Morgan fingerprint density at radius 2 is 1.59 bits per heavy atom. The molecule has 10 heteroatoms. The zero-order valence-electron chi connectivity index (χ0n) is 20.8. The fraction of sp³-hybridized carbons (Fsp3) is 0.481. The van der Waals surface area contributed by atoms with Gasteiger partial charge in [0.2, 0.25) is 5.91 Å². The average Bonchev–Trinajstić information content (AvgIpc) is 2.88. The van der Waals surface area contributed by atoms with Crippen molar-refractivity contribution in [3.63, 3.8) is 0 Å². The molecule has 0 bridgehead atoms. The summed E-state index contributed by atoms with van der Waals surface area (Å²) >= 11 is 5.98. The number of likely N-dealkylation sites (N-methyl/N-ethyl adjacent to an activating group) is 1. The van der Waals surface area contributed by atoms with E-state index in [1.165, 1.54) is 12.1 Å². The van der Waals surface area contributed by atoms with Crippen LogP contribution in [-0.2, 0) is 11.0 Å². The molecule has 2 aliphatic rings. The fourth-order valence-corrected chi connectivity index (χ4v) is 5.06. The fourth-order valence-electron chi connectivity index (χ4n) is 4.93. The van der Waals surface area contributed by atoms with Gasteiger partial charge in [0.15, 0.2) is 0 Å². The van der Waals surface area contributed by atoms with Crippen LogP contribution in [0.4, 0.5) is 13.2 Å². The van der Waals surface area contributed by atoms with Crippen molar-refractivity contribution in [2.45, 2.75) is 25.4 Å². The van der Waals surface area contributed by atoms with Crippen LogP contribution in [0.25, 0.3) is 0 Å². The number of benzene rings is 2. The maximum Gasteiger partial charge on any atom is 0.416 e. The smallest absolute Gasteiger partial charge is 0.416 e. The largest absolute Gasteiger partial charge is 0.493 e. The first-order valence-corrected chi connectivity index (χ1v) is 12.7. The molecule has 200 valence electrons. The molecular weight excluding hydrogens is 507 g/mol. The summed E-state index contributed by atoms with van der Waals surface area (Å²) in [7, 11) is 2.02. The molecule has 0 radical (unpaired) electrons. The standard InChI is InChI=1S/C27H31ClF3N3O3/c1-32-13-15-33(16-14-32)24(35)17-26(19-37-23-9-7-22(28)8-10-23)11-2-12-34(18-26)25(36)20-3-5-21(6-4-20)27(29,30)31/h3-10H,2,11-19H2,1H3/t26-/m0/s1. The number of hydrogen-bond acceptors (Lipinski definition) is 4. The lowest BCUT2D eigenvalue weighted by atomic mass is 9.77. The van der Waals surface area contributed by atoms with Gasteiger partial charge in [0.1, 0.15) is 5.75 Å². The minimum absolute atomic E-state index is 0.0247. The highest BCUT2D eigenvalue weighted by Crippen LogP contribution is 2.36. The molecule has 0 saturated carbocycles. The lowest BCUT2D eigenvalue weighted by molar-refractivity contribution is -0.138. The van der Waals surface area contributed by atoms with E-state index in [2.05, 4.69) is 4.90 Å². The van der Waals surface area contributed by atoms with Crippen LogP contribution >= 0.6 is 11.6 Å². The predicted molar refractivity (Wildman–Crippen MR) is 135 cm³/mol. The van der Waals surface area contributed by atoms with Crippen molar-refractivity contribution in [1.29, 1.82) is 0 Å². The van der Waals surface area contributed by atoms with Crippen molar-refractivity contribution < 1.29 is 27.5 Å². The normalized spacial score (nSPS) is 21.1. The number of piperazine rings is 1. The summed E-state index contributed by atoms with van der Waals surface area (Å²) < 4.78 is 45.0. The lowest BCUT2D eigenvalue weighted by Gasteiger charge is -2.43. The summed E-state index contributed by atoms with van der Waals surface area (Å²) in [5.41, 5.74) is -1.24. The van der Waals surface area contributed by atoms with Crippen LogP contribution in [0, 0.1) is 5.41 Å². The summed E-state index contributed by atoms with van der Waals surface area (Å²) in [5, 5.41) is 0.582. The van der Waals surface area contributed by atoms with E-state index in [-0.39, 0.29) is 37.0 Å². The summed E-state index contributed by atoms with van der Waals surface area (Å²) in [6.45, 7) is 3.88. The van der Waals surface area contributed by atoms with Gasteiger partial charge in [0, 0.05) is 61.7 Å². The maximum atomic E-state index is 13.3. The molecule has 0 N–H and O–H groups in total. The van der Waals surface area contributed by atoms with Crippen molar-refractivity contribution >= 4 is 23.4 Å². The van der Waals surface area contributed by atoms with E-state index in [9.17, 15) is 22.8 Å². The van der Waals surface area contributed by atoms with Crippen LogP contribution in [0.5, 0.6) is 5.75 Å². The van der Waals surface area contributed by atoms with E-state index in [1.54, 1.807) is 29.2 Å². The van der Waals surface area contributed by atoms with Crippen LogP contribution in [0.15, 0.2) is 48.5 Å². The molecule has 4 rings (SSSR count). The van der Waals surface area contributed by atoms with Gasteiger partial charge in [-0.15, -0.1) is 0 Å². The van der Waals surface area contributed by atoms with Gasteiger partial charge in [0.25, 0.3) is 5.91 Å². The number of ether oxygens (including phenoxy) is 1. The van der Waals surface area contributed by atoms with Gasteiger partial charge in [-0.05, 0) is 68.4 Å². The SMILES string of the molecule is CN1CCN(C(=O)C[C@@]2(COc3ccc(Cl)cc3)CCCN(C(=O)c3ccc(C(F)(F)F)cc3)C2)CC1.